The van der Waals surface area contributed by atoms with E-state index in [-0.39, 0.29) is 0 Å². The Morgan fingerprint density at radius 3 is 2.50 bits per heavy atom. The molecule has 1 unspecified atom stereocenters. The lowest BCUT2D eigenvalue weighted by Gasteiger charge is -2.19. The maximum absolute atomic E-state index is 12.3. The molecule has 1 aromatic heterocycles. The molecule has 0 aliphatic rings. The average Bonchev–Trinajstić information content (AvgIpc) is 2.97. The van der Waals surface area contributed by atoms with Crippen LogP contribution in [-0.2, 0) is 11.3 Å². The second-order valence-electron chi connectivity index (χ2n) is 8.89. The second kappa shape index (κ2) is 13.4. The highest BCUT2D eigenvalue weighted by molar-refractivity contribution is 5.91. The molecule has 1 heterocycles. The van der Waals surface area contributed by atoms with Gasteiger partial charge < -0.3 is 34.7 Å². The van der Waals surface area contributed by atoms with Crippen molar-refractivity contribution >= 4 is 28.4 Å². The third kappa shape index (κ3) is 6.63. The molecule has 0 aliphatic heterocycles. The van der Waals surface area contributed by atoms with Crippen LogP contribution in [0.25, 0.3) is 10.9 Å². The molecule has 0 amide bonds. The van der Waals surface area contributed by atoms with Crippen LogP contribution in [0.5, 0.6) is 23.0 Å². The van der Waals surface area contributed by atoms with Crippen molar-refractivity contribution in [2.45, 2.75) is 32.9 Å². The van der Waals surface area contributed by atoms with Gasteiger partial charge in [-0.15, -0.1) is 0 Å². The highest BCUT2D eigenvalue weighted by Gasteiger charge is 2.22. The van der Waals surface area contributed by atoms with Crippen LogP contribution in [0.4, 0.5) is 11.5 Å². The Labute approximate surface area is 233 Å². The maximum Gasteiger partial charge on any atom is 0.330 e. The Balaban J connectivity index is 1.55. The van der Waals surface area contributed by atoms with Gasteiger partial charge >= 0.3 is 5.97 Å². The lowest BCUT2D eigenvalue weighted by molar-refractivity contribution is -0.138. The van der Waals surface area contributed by atoms with Gasteiger partial charge in [-0.3, -0.25) is 0 Å². The third-order valence-corrected chi connectivity index (χ3v) is 6.20. The predicted molar refractivity (Wildman–Crippen MR) is 154 cm³/mol. The van der Waals surface area contributed by atoms with Crippen LogP contribution < -0.4 is 29.6 Å². The van der Waals surface area contributed by atoms with E-state index in [2.05, 4.69) is 20.6 Å². The molecule has 4 rings (SSSR count). The number of ether oxygens (including phenoxy) is 4. The standard InChI is InChI=1S/C30H34N4O6/c1-5-13-40-25-12-8-19(14-27(25)39-6-2)28(30(35)36)34-21-9-11-23-24(15-21)32-18-33-29(23)31-17-20-7-10-22(37-3)16-26(20)38-4/h7-12,14-16,18,28,34H,5-6,13,17H2,1-4H3,(H,35,36)(H,31,32,33). The van der Waals surface area contributed by atoms with Gasteiger partial charge in [0, 0.05) is 29.2 Å². The first-order valence-electron chi connectivity index (χ1n) is 13.1. The summed E-state index contributed by atoms with van der Waals surface area (Å²) in [6.07, 6.45) is 2.32. The summed E-state index contributed by atoms with van der Waals surface area (Å²) >= 11 is 0. The number of methoxy groups -OCH3 is 2. The summed E-state index contributed by atoms with van der Waals surface area (Å²) in [5.74, 6) is 2.14. The molecule has 0 spiro atoms. The fourth-order valence-corrected chi connectivity index (χ4v) is 4.22. The molecule has 0 radical (unpaired) electrons. The Morgan fingerprint density at radius 1 is 0.925 bits per heavy atom. The van der Waals surface area contributed by atoms with Gasteiger partial charge in [-0.05, 0) is 61.4 Å². The molecule has 10 nitrogen and oxygen atoms in total. The molecule has 210 valence electrons. The van der Waals surface area contributed by atoms with E-state index in [1.54, 1.807) is 38.5 Å². The van der Waals surface area contributed by atoms with Crippen LogP contribution in [0.1, 0.15) is 37.4 Å². The molecular weight excluding hydrogens is 512 g/mol. The Morgan fingerprint density at radius 2 is 1.77 bits per heavy atom. The normalized spacial score (nSPS) is 11.5. The van der Waals surface area contributed by atoms with Crippen LogP contribution in [0.3, 0.4) is 0 Å². The number of carboxylic acids is 1. The van der Waals surface area contributed by atoms with Crippen molar-refractivity contribution in [3.05, 3.63) is 72.1 Å². The molecule has 1 atom stereocenters. The van der Waals surface area contributed by atoms with Gasteiger partial charge in [0.25, 0.3) is 0 Å². The van der Waals surface area contributed by atoms with Crippen molar-refractivity contribution in [2.75, 3.05) is 38.1 Å². The number of aliphatic carboxylic acids is 1. The van der Waals surface area contributed by atoms with Crippen LogP contribution in [0.2, 0.25) is 0 Å². The minimum absolute atomic E-state index is 0.434. The van der Waals surface area contributed by atoms with E-state index < -0.39 is 12.0 Å². The van der Waals surface area contributed by atoms with Crippen LogP contribution >= 0.6 is 0 Å². The summed E-state index contributed by atoms with van der Waals surface area (Å²) in [4.78, 5) is 21.1. The lowest BCUT2D eigenvalue weighted by atomic mass is 10.1. The van der Waals surface area contributed by atoms with E-state index in [9.17, 15) is 9.90 Å². The van der Waals surface area contributed by atoms with Crippen molar-refractivity contribution in [3.63, 3.8) is 0 Å². The Bertz CT molecular complexity index is 1460. The molecule has 40 heavy (non-hydrogen) atoms. The van der Waals surface area contributed by atoms with Crippen molar-refractivity contribution in [1.82, 2.24) is 9.97 Å². The van der Waals surface area contributed by atoms with Crippen molar-refractivity contribution < 1.29 is 28.8 Å². The first kappa shape index (κ1) is 28.3. The number of rotatable bonds is 14. The van der Waals surface area contributed by atoms with Gasteiger partial charge in [0.2, 0.25) is 0 Å². The minimum Gasteiger partial charge on any atom is -0.497 e. The summed E-state index contributed by atoms with van der Waals surface area (Å²) in [5, 5.41) is 17.3. The van der Waals surface area contributed by atoms with E-state index in [4.69, 9.17) is 18.9 Å². The maximum atomic E-state index is 12.3. The molecule has 10 heteroatoms. The van der Waals surface area contributed by atoms with Gasteiger partial charge in [0.1, 0.15) is 23.6 Å². The zero-order valence-corrected chi connectivity index (χ0v) is 23.1. The van der Waals surface area contributed by atoms with Gasteiger partial charge in [0.15, 0.2) is 17.5 Å². The average molecular weight is 547 g/mol. The highest BCUT2D eigenvalue weighted by Crippen LogP contribution is 2.33. The van der Waals surface area contributed by atoms with Crippen molar-refractivity contribution in [1.29, 1.82) is 0 Å². The SMILES string of the molecule is CCCOc1ccc(C(Nc2ccc3c(NCc4ccc(OC)cc4OC)ncnc3c2)C(=O)O)cc1OCC. The van der Waals surface area contributed by atoms with Crippen molar-refractivity contribution in [2.24, 2.45) is 0 Å². The molecule has 0 saturated carbocycles. The summed E-state index contributed by atoms with van der Waals surface area (Å²) in [6, 6.07) is 15.3. The lowest BCUT2D eigenvalue weighted by Crippen LogP contribution is -2.20. The fraction of sp³-hybridized carbons (Fsp3) is 0.300. The number of hydrogen-bond acceptors (Lipinski definition) is 9. The second-order valence-corrected chi connectivity index (χ2v) is 8.89. The number of aromatic nitrogens is 2. The minimum atomic E-state index is -1.02. The first-order valence-corrected chi connectivity index (χ1v) is 13.1. The molecule has 3 N–H and O–H groups in total. The van der Waals surface area contributed by atoms with Crippen LogP contribution in [-0.4, -0.2) is 48.5 Å². The molecular formula is C30H34N4O6. The summed E-state index contributed by atoms with van der Waals surface area (Å²) < 4.78 is 22.2. The molecule has 0 fully saturated rings. The number of benzene rings is 3. The van der Waals surface area contributed by atoms with E-state index in [1.165, 1.54) is 6.33 Å². The number of anilines is 2. The molecule has 0 bridgehead atoms. The predicted octanol–water partition coefficient (Wildman–Crippen LogP) is 5.68. The first-order chi connectivity index (χ1) is 19.5. The summed E-state index contributed by atoms with van der Waals surface area (Å²) in [7, 11) is 3.22. The van der Waals surface area contributed by atoms with Crippen LogP contribution in [0.15, 0.2) is 60.9 Å². The Kier molecular flexibility index (Phi) is 9.45. The van der Waals surface area contributed by atoms with Gasteiger partial charge in [-0.1, -0.05) is 13.0 Å². The largest absolute Gasteiger partial charge is 0.497 e. The zero-order chi connectivity index (χ0) is 28.5. The Hall–Kier alpha value is -4.73. The monoisotopic (exact) mass is 546 g/mol. The summed E-state index contributed by atoms with van der Waals surface area (Å²) in [5.41, 5.74) is 2.74. The summed E-state index contributed by atoms with van der Waals surface area (Å²) in [6.45, 7) is 5.34. The number of fused-ring (bicyclic) bond motifs is 1. The topological polar surface area (TPSA) is 124 Å². The molecule has 0 saturated heterocycles. The number of hydrogen-bond donors (Lipinski definition) is 3. The molecule has 4 aromatic rings. The van der Waals surface area contributed by atoms with E-state index in [0.717, 1.165) is 17.4 Å². The van der Waals surface area contributed by atoms with Gasteiger partial charge in [-0.25, -0.2) is 14.8 Å². The number of carboxylic acid groups (broad SMARTS) is 1. The number of nitrogens with zero attached hydrogens (tertiary/aromatic N) is 2. The van der Waals surface area contributed by atoms with Crippen LogP contribution in [0, 0.1) is 0 Å². The highest BCUT2D eigenvalue weighted by atomic mass is 16.5. The van der Waals surface area contributed by atoms with E-state index in [1.807, 2.05) is 44.2 Å². The fourth-order valence-electron chi connectivity index (χ4n) is 4.22. The smallest absolute Gasteiger partial charge is 0.330 e. The zero-order valence-electron chi connectivity index (χ0n) is 23.1. The molecule has 0 aliphatic carbocycles. The quantitative estimate of drug-likeness (QED) is 0.182. The number of nitrogens with one attached hydrogen (secondary N) is 2. The van der Waals surface area contributed by atoms with E-state index >= 15 is 0 Å². The molecule has 3 aromatic carbocycles. The number of carbonyl (C=O) groups is 1. The third-order valence-electron chi connectivity index (χ3n) is 6.20. The van der Waals surface area contributed by atoms with Gasteiger partial charge in [-0.2, -0.15) is 0 Å². The van der Waals surface area contributed by atoms with E-state index in [0.29, 0.717) is 65.3 Å². The van der Waals surface area contributed by atoms with Gasteiger partial charge in [0.05, 0.1) is 33.0 Å². The van der Waals surface area contributed by atoms with Crippen molar-refractivity contribution in [3.8, 4) is 23.0 Å².